The van der Waals surface area contributed by atoms with Crippen molar-refractivity contribution in [1.29, 1.82) is 0 Å². The van der Waals surface area contributed by atoms with Crippen molar-refractivity contribution in [3.8, 4) is 0 Å². The van der Waals surface area contributed by atoms with Gasteiger partial charge in [-0.05, 0) is 51.3 Å². The Kier molecular flexibility index (Phi) is 5.46. The zero-order chi connectivity index (χ0) is 13.7. The first kappa shape index (κ1) is 14.6. The average molecular weight is 264 g/mol. The maximum atomic E-state index is 5.66. The quantitative estimate of drug-likeness (QED) is 0.853. The van der Waals surface area contributed by atoms with Gasteiger partial charge in [0.25, 0.3) is 0 Å². The van der Waals surface area contributed by atoms with Crippen molar-refractivity contribution >= 4 is 0 Å². The number of hydrogen-bond acceptors (Lipinski definition) is 3. The van der Waals surface area contributed by atoms with Crippen LogP contribution < -0.4 is 5.32 Å². The van der Waals surface area contributed by atoms with Crippen LogP contribution in [-0.4, -0.2) is 24.5 Å². The largest absolute Gasteiger partial charge is 0.468 e. The van der Waals surface area contributed by atoms with Crippen LogP contribution in [0, 0.1) is 5.92 Å². The summed E-state index contributed by atoms with van der Waals surface area (Å²) in [7, 11) is 2.23. The Morgan fingerprint density at radius 3 is 2.74 bits per heavy atom. The van der Waals surface area contributed by atoms with Gasteiger partial charge in [0, 0.05) is 18.2 Å². The summed E-state index contributed by atoms with van der Waals surface area (Å²) in [5.41, 5.74) is 1.25. The number of furan rings is 1. The van der Waals surface area contributed by atoms with Gasteiger partial charge in [-0.25, -0.2) is 0 Å². The molecule has 3 nitrogen and oxygen atoms in total. The van der Waals surface area contributed by atoms with Crippen molar-refractivity contribution in [2.45, 2.75) is 58.7 Å². The molecule has 0 radical (unpaired) electrons. The normalized spacial score (nSPS) is 24.0. The third kappa shape index (κ3) is 4.36. The van der Waals surface area contributed by atoms with E-state index >= 15 is 0 Å². The highest BCUT2D eigenvalue weighted by molar-refractivity contribution is 5.12. The standard InChI is InChI=1S/C16H28N2O/c1-4-17-10-14-9-16(19-12-14)11-18(3)15-7-5-13(2)6-8-15/h9,12-13,15,17H,4-8,10-11H2,1-3H3. The molecule has 0 amide bonds. The Morgan fingerprint density at radius 2 is 2.05 bits per heavy atom. The molecule has 0 spiro atoms. The second-order valence-electron chi connectivity index (χ2n) is 6.03. The first-order chi connectivity index (χ1) is 9.19. The number of hydrogen-bond donors (Lipinski definition) is 1. The minimum absolute atomic E-state index is 0.735. The van der Waals surface area contributed by atoms with Gasteiger partial charge in [-0.15, -0.1) is 0 Å². The van der Waals surface area contributed by atoms with Crippen molar-refractivity contribution in [1.82, 2.24) is 10.2 Å². The zero-order valence-corrected chi connectivity index (χ0v) is 12.6. The Bertz CT molecular complexity index is 367. The van der Waals surface area contributed by atoms with Gasteiger partial charge < -0.3 is 9.73 Å². The van der Waals surface area contributed by atoms with E-state index in [4.69, 9.17) is 4.42 Å². The Hall–Kier alpha value is -0.800. The lowest BCUT2D eigenvalue weighted by Gasteiger charge is -2.33. The Labute approximate surface area is 117 Å². The lowest BCUT2D eigenvalue weighted by Crippen LogP contribution is -2.34. The molecule has 1 heterocycles. The molecule has 1 fully saturated rings. The molecule has 0 atom stereocenters. The fourth-order valence-corrected chi connectivity index (χ4v) is 2.93. The molecule has 1 aliphatic rings. The maximum absolute atomic E-state index is 5.66. The van der Waals surface area contributed by atoms with Gasteiger partial charge in [0.05, 0.1) is 12.8 Å². The van der Waals surface area contributed by atoms with Crippen molar-refractivity contribution in [2.24, 2.45) is 5.92 Å². The van der Waals surface area contributed by atoms with Crippen molar-refractivity contribution in [3.63, 3.8) is 0 Å². The molecule has 3 heteroatoms. The van der Waals surface area contributed by atoms with Gasteiger partial charge in [-0.2, -0.15) is 0 Å². The van der Waals surface area contributed by atoms with Crippen LogP contribution in [0.5, 0.6) is 0 Å². The molecular formula is C16H28N2O. The molecule has 2 rings (SSSR count). The fourth-order valence-electron chi connectivity index (χ4n) is 2.93. The van der Waals surface area contributed by atoms with E-state index in [2.05, 4.69) is 37.2 Å². The van der Waals surface area contributed by atoms with Crippen molar-refractivity contribution in [2.75, 3.05) is 13.6 Å². The highest BCUT2D eigenvalue weighted by Gasteiger charge is 2.22. The van der Waals surface area contributed by atoms with Crippen LogP contribution in [-0.2, 0) is 13.1 Å². The SMILES string of the molecule is CCNCc1coc(CN(C)C2CCC(C)CC2)c1. The molecule has 1 aromatic heterocycles. The molecule has 108 valence electrons. The molecular weight excluding hydrogens is 236 g/mol. The highest BCUT2D eigenvalue weighted by Crippen LogP contribution is 2.27. The molecule has 1 aliphatic carbocycles. The minimum atomic E-state index is 0.735. The molecule has 0 saturated heterocycles. The van der Waals surface area contributed by atoms with Gasteiger partial charge in [-0.3, -0.25) is 4.90 Å². The third-order valence-corrected chi connectivity index (χ3v) is 4.30. The summed E-state index contributed by atoms with van der Waals surface area (Å²) in [5, 5.41) is 3.33. The van der Waals surface area contributed by atoms with E-state index in [1.165, 1.54) is 31.2 Å². The molecule has 19 heavy (non-hydrogen) atoms. The first-order valence-corrected chi connectivity index (χ1v) is 7.66. The summed E-state index contributed by atoms with van der Waals surface area (Å²) < 4.78 is 5.66. The minimum Gasteiger partial charge on any atom is -0.468 e. The lowest BCUT2D eigenvalue weighted by molar-refractivity contribution is 0.154. The van der Waals surface area contributed by atoms with Gasteiger partial charge >= 0.3 is 0 Å². The second kappa shape index (κ2) is 7.11. The van der Waals surface area contributed by atoms with Crippen LogP contribution in [0.15, 0.2) is 16.7 Å². The van der Waals surface area contributed by atoms with Crippen LogP contribution in [0.2, 0.25) is 0 Å². The van der Waals surface area contributed by atoms with Crippen LogP contribution in [0.4, 0.5) is 0 Å². The van der Waals surface area contributed by atoms with E-state index in [1.807, 2.05) is 6.26 Å². The Morgan fingerprint density at radius 1 is 1.32 bits per heavy atom. The summed E-state index contributed by atoms with van der Waals surface area (Å²) in [6.45, 7) is 7.34. The summed E-state index contributed by atoms with van der Waals surface area (Å²) >= 11 is 0. The van der Waals surface area contributed by atoms with E-state index < -0.39 is 0 Å². The zero-order valence-electron chi connectivity index (χ0n) is 12.6. The average Bonchev–Trinajstić information content (AvgIpc) is 2.84. The van der Waals surface area contributed by atoms with E-state index in [0.717, 1.165) is 37.4 Å². The first-order valence-electron chi connectivity index (χ1n) is 7.66. The van der Waals surface area contributed by atoms with Crippen molar-refractivity contribution in [3.05, 3.63) is 23.7 Å². The van der Waals surface area contributed by atoms with E-state index in [-0.39, 0.29) is 0 Å². The van der Waals surface area contributed by atoms with E-state index in [9.17, 15) is 0 Å². The highest BCUT2D eigenvalue weighted by atomic mass is 16.3. The van der Waals surface area contributed by atoms with E-state index in [1.54, 1.807) is 0 Å². The monoisotopic (exact) mass is 264 g/mol. The summed E-state index contributed by atoms with van der Waals surface area (Å²) in [6, 6.07) is 2.92. The molecule has 0 unspecified atom stereocenters. The second-order valence-corrected chi connectivity index (χ2v) is 6.03. The lowest BCUT2D eigenvalue weighted by atomic mass is 9.87. The third-order valence-electron chi connectivity index (χ3n) is 4.30. The molecule has 1 N–H and O–H groups in total. The van der Waals surface area contributed by atoms with Crippen LogP contribution in [0.25, 0.3) is 0 Å². The van der Waals surface area contributed by atoms with Crippen LogP contribution in [0.1, 0.15) is 50.9 Å². The smallest absolute Gasteiger partial charge is 0.118 e. The van der Waals surface area contributed by atoms with Crippen molar-refractivity contribution < 1.29 is 4.42 Å². The molecule has 1 aromatic rings. The van der Waals surface area contributed by atoms with Gasteiger partial charge in [0.2, 0.25) is 0 Å². The topological polar surface area (TPSA) is 28.4 Å². The summed E-state index contributed by atoms with van der Waals surface area (Å²) in [4.78, 5) is 2.46. The predicted molar refractivity (Wildman–Crippen MR) is 79.0 cm³/mol. The molecule has 0 aliphatic heterocycles. The van der Waals surface area contributed by atoms with Crippen LogP contribution >= 0.6 is 0 Å². The molecule has 0 aromatic carbocycles. The summed E-state index contributed by atoms with van der Waals surface area (Å²) in [5.74, 6) is 2.01. The van der Waals surface area contributed by atoms with Gasteiger partial charge in [-0.1, -0.05) is 13.8 Å². The van der Waals surface area contributed by atoms with Gasteiger partial charge in [0.1, 0.15) is 5.76 Å². The van der Waals surface area contributed by atoms with Crippen LogP contribution in [0.3, 0.4) is 0 Å². The molecule has 1 saturated carbocycles. The Balaban J connectivity index is 1.81. The summed E-state index contributed by atoms with van der Waals surface area (Å²) in [6.07, 6.45) is 7.30. The number of nitrogens with zero attached hydrogens (tertiary/aromatic N) is 1. The van der Waals surface area contributed by atoms with Gasteiger partial charge in [0.15, 0.2) is 0 Å². The van der Waals surface area contributed by atoms with E-state index in [0.29, 0.717) is 0 Å². The maximum Gasteiger partial charge on any atom is 0.118 e. The predicted octanol–water partition coefficient (Wildman–Crippen LogP) is 3.40. The number of rotatable bonds is 6. The number of nitrogens with one attached hydrogen (secondary N) is 1. The molecule has 0 bridgehead atoms. The fraction of sp³-hybridized carbons (Fsp3) is 0.750.